The first-order chi connectivity index (χ1) is 15.3. The van der Waals surface area contributed by atoms with Crippen LogP contribution in [-0.4, -0.2) is 80.8 Å². The van der Waals surface area contributed by atoms with E-state index >= 15 is 0 Å². The van der Waals surface area contributed by atoms with Gasteiger partial charge in [0, 0.05) is 32.7 Å². The maximum absolute atomic E-state index is 12.9. The van der Waals surface area contributed by atoms with Gasteiger partial charge in [0.25, 0.3) is 0 Å². The molecule has 0 radical (unpaired) electrons. The van der Waals surface area contributed by atoms with Crippen LogP contribution in [0.15, 0.2) is 59.5 Å². The van der Waals surface area contributed by atoms with Gasteiger partial charge >= 0.3 is 5.97 Å². The molecule has 1 amide bonds. The summed E-state index contributed by atoms with van der Waals surface area (Å²) in [5, 5.41) is 0.172. The average molecular weight is 480 g/mol. The molecule has 10 heteroatoms. The summed E-state index contributed by atoms with van der Waals surface area (Å²) in [7, 11) is -2.42. The first kappa shape index (κ1) is 24.2. The highest BCUT2D eigenvalue weighted by Crippen LogP contribution is 2.25. The number of hydrogen-bond donors (Lipinski definition) is 0. The summed E-state index contributed by atoms with van der Waals surface area (Å²) in [4.78, 5) is 28.1. The van der Waals surface area contributed by atoms with Gasteiger partial charge in [-0.15, -0.1) is 0 Å². The Balaban J connectivity index is 1.61. The Morgan fingerprint density at radius 2 is 1.59 bits per heavy atom. The fraction of sp³-hybridized carbons (Fsp3) is 0.364. The number of rotatable bonds is 8. The van der Waals surface area contributed by atoms with Crippen molar-refractivity contribution in [3.8, 4) is 0 Å². The zero-order valence-corrected chi connectivity index (χ0v) is 19.4. The van der Waals surface area contributed by atoms with E-state index in [2.05, 4.69) is 0 Å². The predicted molar refractivity (Wildman–Crippen MR) is 121 cm³/mol. The molecule has 0 atom stereocenters. The highest BCUT2D eigenvalue weighted by Gasteiger charge is 2.31. The third kappa shape index (κ3) is 6.07. The second-order valence-corrected chi connectivity index (χ2v) is 9.74. The molecule has 1 fully saturated rings. The minimum atomic E-state index is -3.73. The van der Waals surface area contributed by atoms with Crippen molar-refractivity contribution in [3.05, 3.63) is 65.2 Å². The molecule has 1 heterocycles. The van der Waals surface area contributed by atoms with E-state index in [0.717, 1.165) is 5.56 Å². The van der Waals surface area contributed by atoms with E-state index in [9.17, 15) is 18.0 Å². The van der Waals surface area contributed by atoms with E-state index in [1.54, 1.807) is 21.9 Å². The van der Waals surface area contributed by atoms with Gasteiger partial charge in [0.2, 0.25) is 15.9 Å². The third-order valence-electron chi connectivity index (χ3n) is 5.23. The number of esters is 1. The van der Waals surface area contributed by atoms with E-state index in [0.29, 0.717) is 6.54 Å². The molecule has 32 heavy (non-hydrogen) atoms. The number of benzene rings is 2. The van der Waals surface area contributed by atoms with Crippen molar-refractivity contribution in [1.82, 2.24) is 14.1 Å². The number of carbonyl (C=O) groups is 2. The monoisotopic (exact) mass is 479 g/mol. The SMILES string of the molecule is COC(=O)CN(CC(=O)N1CCN(S(=O)(=O)c2ccccc2Cl)CC1)Cc1ccccc1. The van der Waals surface area contributed by atoms with Gasteiger partial charge in [-0.3, -0.25) is 14.5 Å². The fourth-order valence-electron chi connectivity index (χ4n) is 3.52. The van der Waals surface area contributed by atoms with Crippen molar-refractivity contribution >= 4 is 33.5 Å². The molecule has 2 aromatic carbocycles. The van der Waals surface area contributed by atoms with Gasteiger partial charge in [-0.2, -0.15) is 4.31 Å². The number of amides is 1. The third-order valence-corrected chi connectivity index (χ3v) is 7.63. The van der Waals surface area contributed by atoms with Crippen molar-refractivity contribution < 1.29 is 22.7 Å². The van der Waals surface area contributed by atoms with Crippen LogP contribution in [0, 0.1) is 0 Å². The molecule has 1 aliphatic heterocycles. The molecule has 0 saturated carbocycles. The summed E-state index contributed by atoms with van der Waals surface area (Å²) in [6.07, 6.45) is 0. The molecule has 8 nitrogen and oxygen atoms in total. The lowest BCUT2D eigenvalue weighted by molar-refractivity contribution is -0.143. The van der Waals surface area contributed by atoms with Gasteiger partial charge in [0.15, 0.2) is 0 Å². The summed E-state index contributed by atoms with van der Waals surface area (Å²) in [6.45, 7) is 1.31. The second kappa shape index (κ2) is 10.9. The molecular formula is C22H26ClN3O5S. The molecule has 0 aliphatic carbocycles. The quantitative estimate of drug-likeness (QED) is 0.537. The van der Waals surface area contributed by atoms with E-state index < -0.39 is 16.0 Å². The van der Waals surface area contributed by atoms with Crippen molar-refractivity contribution in [2.45, 2.75) is 11.4 Å². The number of ether oxygens (including phenoxy) is 1. The van der Waals surface area contributed by atoms with Crippen molar-refractivity contribution in [1.29, 1.82) is 0 Å². The topological polar surface area (TPSA) is 87.2 Å². The van der Waals surface area contributed by atoms with Gasteiger partial charge in [-0.1, -0.05) is 54.1 Å². The Morgan fingerprint density at radius 1 is 0.969 bits per heavy atom. The predicted octanol–water partition coefficient (Wildman–Crippen LogP) is 1.85. The minimum Gasteiger partial charge on any atom is -0.468 e. The van der Waals surface area contributed by atoms with Crippen LogP contribution in [0.2, 0.25) is 5.02 Å². The van der Waals surface area contributed by atoms with Gasteiger partial charge < -0.3 is 9.64 Å². The van der Waals surface area contributed by atoms with Crippen LogP contribution in [0.25, 0.3) is 0 Å². The largest absolute Gasteiger partial charge is 0.468 e. The number of halogens is 1. The van der Waals surface area contributed by atoms with Crippen LogP contribution < -0.4 is 0 Å². The van der Waals surface area contributed by atoms with E-state index in [-0.39, 0.29) is 55.1 Å². The molecule has 0 N–H and O–H groups in total. The lowest BCUT2D eigenvalue weighted by Gasteiger charge is -2.35. The summed E-state index contributed by atoms with van der Waals surface area (Å²) in [5.41, 5.74) is 0.972. The molecule has 1 saturated heterocycles. The molecule has 1 aliphatic rings. The van der Waals surface area contributed by atoms with E-state index in [4.69, 9.17) is 16.3 Å². The number of carbonyl (C=O) groups excluding carboxylic acids is 2. The van der Waals surface area contributed by atoms with E-state index in [1.807, 2.05) is 30.3 Å². The Hall–Kier alpha value is -2.46. The average Bonchev–Trinajstić information content (AvgIpc) is 2.79. The summed E-state index contributed by atoms with van der Waals surface area (Å²) in [5.74, 6) is -0.594. The smallest absolute Gasteiger partial charge is 0.319 e. The van der Waals surface area contributed by atoms with Gasteiger partial charge in [-0.25, -0.2) is 8.42 Å². The first-order valence-electron chi connectivity index (χ1n) is 10.2. The minimum absolute atomic E-state index is 0.0159. The van der Waals surface area contributed by atoms with Crippen LogP contribution in [0.3, 0.4) is 0 Å². The highest BCUT2D eigenvalue weighted by molar-refractivity contribution is 7.89. The van der Waals surface area contributed by atoms with Crippen LogP contribution in [0.1, 0.15) is 5.56 Å². The van der Waals surface area contributed by atoms with Crippen molar-refractivity contribution in [3.63, 3.8) is 0 Å². The van der Waals surface area contributed by atoms with Crippen LogP contribution in [0.4, 0.5) is 0 Å². The molecule has 0 aromatic heterocycles. The number of hydrogen-bond acceptors (Lipinski definition) is 6. The Bertz CT molecular complexity index is 1040. The zero-order chi connectivity index (χ0) is 23.1. The Morgan fingerprint density at radius 3 is 2.22 bits per heavy atom. The number of piperazine rings is 1. The Labute approximate surface area is 193 Å². The molecule has 172 valence electrons. The Kier molecular flexibility index (Phi) is 8.25. The highest BCUT2D eigenvalue weighted by atomic mass is 35.5. The standard InChI is InChI=1S/C22H26ClN3O5S/c1-31-22(28)17-24(15-18-7-3-2-4-8-18)16-21(27)25-11-13-26(14-12-25)32(29,30)20-10-6-5-9-19(20)23/h2-10H,11-17H2,1H3. The van der Waals surface area contributed by atoms with E-state index in [1.165, 1.54) is 23.5 Å². The molecule has 0 unspecified atom stereocenters. The zero-order valence-electron chi connectivity index (χ0n) is 17.8. The van der Waals surface area contributed by atoms with Crippen LogP contribution >= 0.6 is 11.6 Å². The summed E-state index contributed by atoms with van der Waals surface area (Å²) >= 11 is 6.07. The second-order valence-electron chi connectivity index (χ2n) is 7.42. The molecule has 3 rings (SSSR count). The number of methoxy groups -OCH3 is 1. The molecular weight excluding hydrogens is 454 g/mol. The lowest BCUT2D eigenvalue weighted by Crippen LogP contribution is -2.52. The van der Waals surface area contributed by atoms with Crippen molar-refractivity contribution in [2.75, 3.05) is 46.4 Å². The molecule has 2 aromatic rings. The van der Waals surface area contributed by atoms with Crippen LogP contribution in [0.5, 0.6) is 0 Å². The van der Waals surface area contributed by atoms with Gasteiger partial charge in [0.05, 0.1) is 25.2 Å². The summed E-state index contributed by atoms with van der Waals surface area (Å²) < 4.78 is 31.9. The maximum atomic E-state index is 12.9. The first-order valence-corrected chi connectivity index (χ1v) is 12.0. The van der Waals surface area contributed by atoms with Crippen molar-refractivity contribution in [2.24, 2.45) is 0 Å². The number of nitrogens with zero attached hydrogens (tertiary/aromatic N) is 3. The van der Waals surface area contributed by atoms with Gasteiger partial charge in [0.1, 0.15) is 4.90 Å². The van der Waals surface area contributed by atoms with Gasteiger partial charge in [-0.05, 0) is 17.7 Å². The molecule has 0 bridgehead atoms. The van der Waals surface area contributed by atoms with Crippen LogP contribution in [-0.2, 0) is 30.9 Å². The maximum Gasteiger partial charge on any atom is 0.319 e. The molecule has 0 spiro atoms. The summed E-state index contributed by atoms with van der Waals surface area (Å²) in [6, 6.07) is 15.9. The fourth-order valence-corrected chi connectivity index (χ4v) is 5.43. The normalized spacial score (nSPS) is 15.0. The number of sulfonamides is 1. The lowest BCUT2D eigenvalue weighted by atomic mass is 10.2.